The Balaban J connectivity index is 1.36. The maximum atomic E-state index is 13.0. The van der Waals surface area contributed by atoms with Crippen LogP contribution in [0.3, 0.4) is 0 Å². The zero-order valence-corrected chi connectivity index (χ0v) is 18.7. The molecule has 1 heterocycles. The third-order valence-corrected chi connectivity index (χ3v) is 7.31. The average molecular weight is 466 g/mol. The molecule has 0 unspecified atom stereocenters. The summed E-state index contributed by atoms with van der Waals surface area (Å²) in [6, 6.07) is 14.8. The van der Waals surface area contributed by atoms with Crippen LogP contribution in [0.15, 0.2) is 53.4 Å². The molecule has 1 aliphatic carbocycles. The van der Waals surface area contributed by atoms with Gasteiger partial charge in [-0.15, -0.1) is 23.1 Å². The summed E-state index contributed by atoms with van der Waals surface area (Å²) in [4.78, 5) is 26.9. The summed E-state index contributed by atoms with van der Waals surface area (Å²) in [5.41, 5.74) is 2.64. The standard InChI is InChI=1S/C24H20FN3O2S2/c25-16-10-8-15(9-11-16)23(30)27-17-4-3-5-18(12-17)31-14-22(29)28-24-20(13-26)19-6-1-2-7-21(19)32-24/h3-5,8-12H,1-2,6-7,14H2,(H,27,30)(H,28,29). The van der Waals surface area contributed by atoms with E-state index in [1.807, 2.05) is 6.07 Å². The van der Waals surface area contributed by atoms with E-state index in [2.05, 4.69) is 16.7 Å². The highest BCUT2D eigenvalue weighted by Gasteiger charge is 2.21. The topological polar surface area (TPSA) is 82.0 Å². The van der Waals surface area contributed by atoms with Gasteiger partial charge in [-0.05, 0) is 73.7 Å². The first-order valence-corrected chi connectivity index (χ1v) is 12.0. The Labute approximate surface area is 193 Å². The van der Waals surface area contributed by atoms with E-state index in [0.29, 0.717) is 21.8 Å². The van der Waals surface area contributed by atoms with Crippen molar-refractivity contribution in [2.75, 3.05) is 16.4 Å². The lowest BCUT2D eigenvalue weighted by Crippen LogP contribution is -2.14. The number of carbonyl (C=O) groups is 2. The third kappa shape index (κ3) is 5.18. The van der Waals surface area contributed by atoms with E-state index in [1.165, 1.54) is 52.2 Å². The fourth-order valence-electron chi connectivity index (χ4n) is 3.55. The first-order valence-electron chi connectivity index (χ1n) is 10.2. The van der Waals surface area contributed by atoms with E-state index in [9.17, 15) is 19.2 Å². The number of amides is 2. The molecule has 0 saturated carbocycles. The van der Waals surface area contributed by atoms with Crippen molar-refractivity contribution in [3.05, 3.63) is 75.9 Å². The number of anilines is 2. The lowest BCUT2D eigenvalue weighted by atomic mass is 9.96. The zero-order chi connectivity index (χ0) is 22.5. The van der Waals surface area contributed by atoms with Crippen LogP contribution in [0.25, 0.3) is 0 Å². The van der Waals surface area contributed by atoms with Crippen LogP contribution in [0.5, 0.6) is 0 Å². The molecule has 0 spiro atoms. The van der Waals surface area contributed by atoms with Gasteiger partial charge in [-0.2, -0.15) is 5.26 Å². The third-order valence-electron chi connectivity index (χ3n) is 5.10. The van der Waals surface area contributed by atoms with E-state index in [4.69, 9.17) is 0 Å². The average Bonchev–Trinajstić information content (AvgIpc) is 3.15. The summed E-state index contributed by atoms with van der Waals surface area (Å²) in [6.45, 7) is 0. The van der Waals surface area contributed by atoms with E-state index >= 15 is 0 Å². The number of rotatable bonds is 6. The second-order valence-electron chi connectivity index (χ2n) is 7.35. The van der Waals surface area contributed by atoms with Gasteiger partial charge in [0.25, 0.3) is 5.91 Å². The normalized spacial score (nSPS) is 12.5. The number of thiophene rings is 1. The molecule has 2 N–H and O–H groups in total. The molecule has 0 radical (unpaired) electrons. The van der Waals surface area contributed by atoms with E-state index in [-0.39, 0.29) is 17.6 Å². The van der Waals surface area contributed by atoms with Gasteiger partial charge in [-0.1, -0.05) is 6.07 Å². The van der Waals surface area contributed by atoms with Crippen LogP contribution in [0.4, 0.5) is 15.1 Å². The number of hydrogen-bond donors (Lipinski definition) is 2. The van der Waals surface area contributed by atoms with Crippen LogP contribution in [0, 0.1) is 17.1 Å². The van der Waals surface area contributed by atoms with Crippen molar-refractivity contribution < 1.29 is 14.0 Å². The zero-order valence-electron chi connectivity index (χ0n) is 17.1. The molecule has 2 amide bonds. The van der Waals surface area contributed by atoms with Gasteiger partial charge in [0.1, 0.15) is 16.9 Å². The molecule has 0 atom stereocenters. The number of halogens is 1. The molecular weight excluding hydrogens is 445 g/mol. The fraction of sp³-hybridized carbons (Fsp3) is 0.208. The largest absolute Gasteiger partial charge is 0.322 e. The monoisotopic (exact) mass is 465 g/mol. The number of nitriles is 1. The minimum atomic E-state index is -0.400. The van der Waals surface area contributed by atoms with Crippen LogP contribution < -0.4 is 10.6 Å². The van der Waals surface area contributed by atoms with Crippen LogP contribution >= 0.6 is 23.1 Å². The second kappa shape index (κ2) is 9.98. The minimum absolute atomic E-state index is 0.175. The van der Waals surface area contributed by atoms with Gasteiger partial charge in [0.05, 0.1) is 11.3 Å². The number of carbonyl (C=O) groups excluding carboxylic acids is 2. The smallest absolute Gasteiger partial charge is 0.255 e. The summed E-state index contributed by atoms with van der Waals surface area (Å²) < 4.78 is 13.0. The predicted molar refractivity (Wildman–Crippen MR) is 126 cm³/mol. The lowest BCUT2D eigenvalue weighted by molar-refractivity contribution is -0.113. The molecule has 8 heteroatoms. The van der Waals surface area contributed by atoms with Gasteiger partial charge in [-0.25, -0.2) is 4.39 Å². The van der Waals surface area contributed by atoms with Crippen molar-refractivity contribution in [2.24, 2.45) is 0 Å². The van der Waals surface area contributed by atoms with Gasteiger partial charge in [0, 0.05) is 21.0 Å². The number of nitrogens with zero attached hydrogens (tertiary/aromatic N) is 1. The van der Waals surface area contributed by atoms with Crippen molar-refractivity contribution in [3.8, 4) is 6.07 Å². The number of aryl methyl sites for hydroxylation is 1. The molecule has 0 bridgehead atoms. The Morgan fingerprint density at radius 1 is 1.09 bits per heavy atom. The summed E-state index contributed by atoms with van der Waals surface area (Å²) in [6.07, 6.45) is 4.07. The van der Waals surface area contributed by atoms with E-state index in [0.717, 1.165) is 36.1 Å². The van der Waals surface area contributed by atoms with Crippen LogP contribution in [-0.4, -0.2) is 17.6 Å². The lowest BCUT2D eigenvalue weighted by Gasteiger charge is -2.09. The quantitative estimate of drug-likeness (QED) is 0.463. The van der Waals surface area contributed by atoms with Crippen molar-refractivity contribution in [1.29, 1.82) is 5.26 Å². The second-order valence-corrected chi connectivity index (χ2v) is 9.51. The predicted octanol–water partition coefficient (Wildman–Crippen LogP) is 5.62. The summed E-state index contributed by atoms with van der Waals surface area (Å²) in [5.74, 6) is -0.729. The Bertz CT molecular complexity index is 1200. The number of fused-ring (bicyclic) bond motifs is 1. The molecule has 32 heavy (non-hydrogen) atoms. The minimum Gasteiger partial charge on any atom is -0.322 e. The summed E-state index contributed by atoms with van der Waals surface area (Å²) >= 11 is 2.85. The summed E-state index contributed by atoms with van der Waals surface area (Å²) in [5, 5.41) is 15.8. The van der Waals surface area contributed by atoms with Crippen LogP contribution in [-0.2, 0) is 17.6 Å². The van der Waals surface area contributed by atoms with Crippen molar-refractivity contribution in [3.63, 3.8) is 0 Å². The molecule has 162 valence electrons. The molecule has 0 aliphatic heterocycles. The Hall–Kier alpha value is -3.15. The Morgan fingerprint density at radius 2 is 1.88 bits per heavy atom. The SMILES string of the molecule is N#Cc1c(NC(=O)CSc2cccc(NC(=O)c3ccc(F)cc3)c2)sc2c1CCCC2. The van der Waals surface area contributed by atoms with E-state index < -0.39 is 5.82 Å². The van der Waals surface area contributed by atoms with Crippen LogP contribution in [0.2, 0.25) is 0 Å². The maximum Gasteiger partial charge on any atom is 0.255 e. The number of benzene rings is 2. The number of nitrogens with one attached hydrogen (secondary N) is 2. The highest BCUT2D eigenvalue weighted by atomic mass is 32.2. The first kappa shape index (κ1) is 22.1. The molecule has 4 rings (SSSR count). The molecule has 1 aliphatic rings. The first-order chi connectivity index (χ1) is 15.5. The van der Waals surface area contributed by atoms with Crippen LogP contribution in [0.1, 0.15) is 39.2 Å². The Kier molecular flexibility index (Phi) is 6.88. The highest BCUT2D eigenvalue weighted by Crippen LogP contribution is 2.37. The molecule has 0 fully saturated rings. The molecule has 1 aromatic heterocycles. The van der Waals surface area contributed by atoms with Gasteiger partial charge in [-0.3, -0.25) is 9.59 Å². The molecule has 3 aromatic rings. The van der Waals surface area contributed by atoms with Gasteiger partial charge in [0.2, 0.25) is 5.91 Å². The molecule has 2 aromatic carbocycles. The van der Waals surface area contributed by atoms with Crippen molar-refractivity contribution in [1.82, 2.24) is 0 Å². The van der Waals surface area contributed by atoms with Crippen molar-refractivity contribution >= 4 is 45.6 Å². The molecule has 0 saturated heterocycles. The van der Waals surface area contributed by atoms with E-state index in [1.54, 1.807) is 18.2 Å². The Morgan fingerprint density at radius 3 is 2.66 bits per heavy atom. The fourth-order valence-corrected chi connectivity index (χ4v) is 5.56. The van der Waals surface area contributed by atoms with Gasteiger partial charge in [0.15, 0.2) is 0 Å². The summed E-state index contributed by atoms with van der Waals surface area (Å²) in [7, 11) is 0. The van der Waals surface area contributed by atoms with Gasteiger partial charge >= 0.3 is 0 Å². The number of hydrogen-bond acceptors (Lipinski definition) is 5. The highest BCUT2D eigenvalue weighted by molar-refractivity contribution is 8.00. The molecular formula is C24H20FN3O2S2. The number of thioether (sulfide) groups is 1. The van der Waals surface area contributed by atoms with Gasteiger partial charge < -0.3 is 10.6 Å². The maximum absolute atomic E-state index is 13.0. The molecule has 5 nitrogen and oxygen atoms in total. The van der Waals surface area contributed by atoms with Crippen molar-refractivity contribution in [2.45, 2.75) is 30.6 Å².